The quantitative estimate of drug-likeness (QED) is 0.771. The van der Waals surface area contributed by atoms with Crippen molar-refractivity contribution in [2.24, 2.45) is 10.2 Å². The van der Waals surface area contributed by atoms with Crippen LogP contribution in [0.4, 0.5) is 0 Å². The van der Waals surface area contributed by atoms with Crippen LogP contribution < -0.4 is 4.74 Å². The third-order valence-corrected chi connectivity index (χ3v) is 2.03. The second-order valence-electron chi connectivity index (χ2n) is 3.70. The van der Waals surface area contributed by atoms with Crippen molar-refractivity contribution in [3.05, 3.63) is 30.3 Å². The zero-order valence-electron chi connectivity index (χ0n) is 9.91. The van der Waals surface area contributed by atoms with E-state index in [1.807, 2.05) is 37.3 Å². The van der Waals surface area contributed by atoms with Gasteiger partial charge in [0.05, 0.1) is 6.54 Å². The van der Waals surface area contributed by atoms with Gasteiger partial charge in [-0.15, -0.1) is 0 Å². The molecule has 0 heterocycles. The average molecular weight is 236 g/mol. The Kier molecular flexibility index (Phi) is 5.13. The fraction of sp³-hybridized carbons (Fsp3) is 0.417. The van der Waals surface area contributed by atoms with Gasteiger partial charge in [-0.1, -0.05) is 18.2 Å². The van der Waals surface area contributed by atoms with Gasteiger partial charge in [0.15, 0.2) is 6.04 Å². The molecule has 5 heteroatoms. The molecule has 0 saturated carbocycles. The highest BCUT2D eigenvalue weighted by molar-refractivity contribution is 5.72. The second-order valence-corrected chi connectivity index (χ2v) is 3.70. The van der Waals surface area contributed by atoms with Crippen molar-refractivity contribution in [3.8, 4) is 5.75 Å². The van der Waals surface area contributed by atoms with Gasteiger partial charge in [0.1, 0.15) is 11.9 Å². The molecule has 92 valence electrons. The zero-order chi connectivity index (χ0) is 12.7. The Bertz CT molecular complexity index is 379. The van der Waals surface area contributed by atoms with E-state index in [1.165, 1.54) is 6.92 Å². The minimum atomic E-state index is -0.981. The van der Waals surface area contributed by atoms with Crippen LogP contribution in [0.25, 0.3) is 0 Å². The summed E-state index contributed by atoms with van der Waals surface area (Å²) >= 11 is 0. The molecule has 2 atom stereocenters. The first-order valence-electron chi connectivity index (χ1n) is 5.40. The number of ether oxygens (including phenoxy) is 1. The summed E-state index contributed by atoms with van der Waals surface area (Å²) in [5.41, 5.74) is 0. The van der Waals surface area contributed by atoms with Gasteiger partial charge >= 0.3 is 5.97 Å². The number of nitrogens with zero attached hydrogens (tertiary/aromatic N) is 2. The summed E-state index contributed by atoms with van der Waals surface area (Å²) in [6.45, 7) is 3.68. The predicted molar refractivity (Wildman–Crippen MR) is 63.4 cm³/mol. The molecule has 0 aliphatic rings. The Morgan fingerprint density at radius 1 is 1.35 bits per heavy atom. The SMILES string of the molecule is CC(CN=NC(C)C(=O)O)Oc1ccccc1. The van der Waals surface area contributed by atoms with Gasteiger partial charge in [0.2, 0.25) is 0 Å². The van der Waals surface area contributed by atoms with Crippen LogP contribution in [0.15, 0.2) is 40.6 Å². The van der Waals surface area contributed by atoms with Gasteiger partial charge in [0, 0.05) is 0 Å². The Morgan fingerprint density at radius 2 is 2.00 bits per heavy atom. The van der Waals surface area contributed by atoms with Crippen LogP contribution in [0.5, 0.6) is 5.75 Å². The van der Waals surface area contributed by atoms with E-state index in [-0.39, 0.29) is 6.10 Å². The number of aliphatic carboxylic acids is 1. The molecule has 0 aromatic heterocycles. The molecule has 0 spiro atoms. The zero-order valence-corrected chi connectivity index (χ0v) is 9.91. The molecule has 0 saturated heterocycles. The van der Waals surface area contributed by atoms with Gasteiger partial charge in [-0.25, -0.2) is 4.79 Å². The van der Waals surface area contributed by atoms with Gasteiger partial charge in [-0.05, 0) is 26.0 Å². The number of azo groups is 1. The highest BCUT2D eigenvalue weighted by Gasteiger charge is 2.08. The van der Waals surface area contributed by atoms with Crippen LogP contribution in [0, 0.1) is 0 Å². The molecule has 0 amide bonds. The minimum absolute atomic E-state index is 0.137. The van der Waals surface area contributed by atoms with Crippen LogP contribution >= 0.6 is 0 Å². The van der Waals surface area contributed by atoms with Gasteiger partial charge in [-0.2, -0.15) is 10.2 Å². The summed E-state index contributed by atoms with van der Waals surface area (Å²) in [5, 5.41) is 16.1. The predicted octanol–water partition coefficient (Wildman–Crippen LogP) is 2.38. The molecule has 1 N–H and O–H groups in total. The van der Waals surface area contributed by atoms with E-state index < -0.39 is 12.0 Å². The average Bonchev–Trinajstić information content (AvgIpc) is 2.30. The lowest BCUT2D eigenvalue weighted by molar-refractivity contribution is -0.138. The molecule has 17 heavy (non-hydrogen) atoms. The summed E-state index contributed by atoms with van der Waals surface area (Å²) < 4.78 is 5.56. The molecule has 0 bridgehead atoms. The van der Waals surface area contributed by atoms with Crippen molar-refractivity contribution < 1.29 is 14.6 Å². The molecule has 1 aromatic carbocycles. The number of benzene rings is 1. The number of carboxylic acid groups (broad SMARTS) is 1. The first kappa shape index (κ1) is 13.2. The van der Waals surface area contributed by atoms with Crippen molar-refractivity contribution in [2.75, 3.05) is 6.54 Å². The lowest BCUT2D eigenvalue weighted by Gasteiger charge is -2.11. The van der Waals surface area contributed by atoms with Crippen LogP contribution in [0.2, 0.25) is 0 Å². The maximum atomic E-state index is 10.5. The second kappa shape index (κ2) is 6.62. The summed E-state index contributed by atoms with van der Waals surface area (Å²) in [5.74, 6) is -0.216. The first-order chi connectivity index (χ1) is 8.09. The summed E-state index contributed by atoms with van der Waals surface area (Å²) in [6, 6.07) is 8.58. The number of rotatable bonds is 6. The van der Waals surface area contributed by atoms with E-state index in [0.29, 0.717) is 6.54 Å². The molecule has 0 fully saturated rings. The molecule has 1 aromatic rings. The van der Waals surface area contributed by atoms with Crippen LogP contribution in [0.1, 0.15) is 13.8 Å². The van der Waals surface area contributed by atoms with Crippen LogP contribution in [-0.2, 0) is 4.79 Å². The van der Waals surface area contributed by atoms with Crippen molar-refractivity contribution in [2.45, 2.75) is 26.0 Å². The molecular formula is C12H16N2O3. The van der Waals surface area contributed by atoms with E-state index in [4.69, 9.17) is 9.84 Å². The van der Waals surface area contributed by atoms with Crippen molar-refractivity contribution in [3.63, 3.8) is 0 Å². The van der Waals surface area contributed by atoms with E-state index in [0.717, 1.165) is 5.75 Å². The number of para-hydroxylation sites is 1. The maximum Gasteiger partial charge on any atom is 0.330 e. The molecule has 5 nitrogen and oxygen atoms in total. The van der Waals surface area contributed by atoms with Crippen molar-refractivity contribution in [1.82, 2.24) is 0 Å². The van der Waals surface area contributed by atoms with E-state index in [9.17, 15) is 4.79 Å². The topological polar surface area (TPSA) is 71.2 Å². The Morgan fingerprint density at radius 3 is 2.59 bits per heavy atom. The van der Waals surface area contributed by atoms with E-state index in [1.54, 1.807) is 0 Å². The molecule has 0 aliphatic carbocycles. The van der Waals surface area contributed by atoms with Crippen LogP contribution in [-0.4, -0.2) is 29.8 Å². The summed E-state index contributed by atoms with van der Waals surface area (Å²) in [7, 11) is 0. The van der Waals surface area contributed by atoms with Gasteiger partial charge in [-0.3, -0.25) is 0 Å². The maximum absolute atomic E-state index is 10.5. The van der Waals surface area contributed by atoms with Crippen LogP contribution in [0.3, 0.4) is 0 Å². The number of carboxylic acids is 1. The minimum Gasteiger partial charge on any atom is -0.489 e. The molecule has 0 aliphatic heterocycles. The van der Waals surface area contributed by atoms with Gasteiger partial charge in [0.25, 0.3) is 0 Å². The van der Waals surface area contributed by atoms with Gasteiger partial charge < -0.3 is 9.84 Å². The van der Waals surface area contributed by atoms with Crippen molar-refractivity contribution in [1.29, 1.82) is 0 Å². The highest BCUT2D eigenvalue weighted by Crippen LogP contribution is 2.10. The Hall–Kier alpha value is -1.91. The smallest absolute Gasteiger partial charge is 0.330 e. The summed E-state index contributed by atoms with van der Waals surface area (Å²) in [4.78, 5) is 10.5. The molecular weight excluding hydrogens is 220 g/mol. The monoisotopic (exact) mass is 236 g/mol. The molecule has 0 radical (unpaired) electrons. The Labute approximate surface area is 100 Å². The lowest BCUT2D eigenvalue weighted by Crippen LogP contribution is -2.17. The van der Waals surface area contributed by atoms with E-state index >= 15 is 0 Å². The normalized spacial score (nSPS) is 14.5. The number of hydrogen-bond acceptors (Lipinski definition) is 4. The fourth-order valence-electron chi connectivity index (χ4n) is 1.10. The summed E-state index contributed by atoms with van der Waals surface area (Å²) in [6.07, 6.45) is -0.137. The Balaban J connectivity index is 2.35. The lowest BCUT2D eigenvalue weighted by atomic mass is 10.3. The third kappa shape index (κ3) is 5.10. The van der Waals surface area contributed by atoms with E-state index in [2.05, 4.69) is 10.2 Å². The molecule has 1 rings (SSSR count). The highest BCUT2D eigenvalue weighted by atomic mass is 16.5. The molecule has 2 unspecified atom stereocenters. The third-order valence-electron chi connectivity index (χ3n) is 2.03. The van der Waals surface area contributed by atoms with Crippen molar-refractivity contribution >= 4 is 5.97 Å². The number of carbonyl (C=O) groups is 1. The standard InChI is InChI=1S/C12H16N2O3/c1-9(8-13-14-10(2)12(15)16)17-11-6-4-3-5-7-11/h3-7,9-10H,8H2,1-2H3,(H,15,16). The largest absolute Gasteiger partial charge is 0.489 e. The fourth-order valence-corrected chi connectivity index (χ4v) is 1.10. The first-order valence-corrected chi connectivity index (χ1v) is 5.40. The number of hydrogen-bond donors (Lipinski definition) is 1.